The van der Waals surface area contributed by atoms with Crippen LogP contribution in [0.4, 0.5) is 5.69 Å². The summed E-state index contributed by atoms with van der Waals surface area (Å²) in [7, 11) is -3.84. The number of nitro groups is 1. The molecule has 1 aliphatic rings. The lowest BCUT2D eigenvalue weighted by molar-refractivity contribution is -0.385. The van der Waals surface area contributed by atoms with Crippen molar-refractivity contribution in [1.29, 1.82) is 0 Å². The normalized spacial score (nSPS) is 21.4. The summed E-state index contributed by atoms with van der Waals surface area (Å²) in [5.41, 5.74) is 7.37. The van der Waals surface area contributed by atoms with E-state index in [0.717, 1.165) is 11.6 Å². The standard InChI is InChI=1S/C17H19N3O4S/c1-12-7-8-14(9-17(12)20(21)22)25(23,24)19-10-15(16(18)11-19)13-5-3-2-4-6-13/h2-9,15-16H,10-11,18H2,1H3/t15-,16+/m0/s1. The SMILES string of the molecule is Cc1ccc(S(=O)(=O)N2C[C@@H](N)[C@H](c3ccccc3)C2)cc1[N+](=O)[O-]. The van der Waals surface area contributed by atoms with Gasteiger partial charge in [0, 0.05) is 36.7 Å². The molecule has 0 amide bonds. The van der Waals surface area contributed by atoms with Crippen molar-refractivity contribution < 1.29 is 13.3 Å². The monoisotopic (exact) mass is 361 g/mol. The van der Waals surface area contributed by atoms with E-state index in [2.05, 4.69) is 0 Å². The quantitative estimate of drug-likeness (QED) is 0.662. The predicted molar refractivity (Wildman–Crippen MR) is 93.8 cm³/mol. The van der Waals surface area contributed by atoms with E-state index in [-0.39, 0.29) is 35.6 Å². The van der Waals surface area contributed by atoms with Crippen LogP contribution in [-0.2, 0) is 10.0 Å². The van der Waals surface area contributed by atoms with E-state index in [1.54, 1.807) is 6.92 Å². The maximum Gasteiger partial charge on any atom is 0.273 e. The highest BCUT2D eigenvalue weighted by Crippen LogP contribution is 2.32. The molecule has 1 fully saturated rings. The smallest absolute Gasteiger partial charge is 0.273 e. The lowest BCUT2D eigenvalue weighted by atomic mass is 9.95. The molecular weight excluding hydrogens is 342 g/mol. The number of aryl methyl sites for hydroxylation is 1. The summed E-state index contributed by atoms with van der Waals surface area (Å²) in [6.45, 7) is 2.02. The molecule has 3 rings (SSSR count). The van der Waals surface area contributed by atoms with Crippen LogP contribution in [0, 0.1) is 17.0 Å². The van der Waals surface area contributed by atoms with Gasteiger partial charge in [-0.2, -0.15) is 4.31 Å². The summed E-state index contributed by atoms with van der Waals surface area (Å²) < 4.78 is 27.1. The van der Waals surface area contributed by atoms with Crippen LogP contribution in [-0.4, -0.2) is 36.8 Å². The average molecular weight is 361 g/mol. The molecule has 2 atom stereocenters. The van der Waals surface area contributed by atoms with Gasteiger partial charge in [0.05, 0.1) is 9.82 Å². The summed E-state index contributed by atoms with van der Waals surface area (Å²) in [5, 5.41) is 11.1. The molecule has 0 spiro atoms. The van der Waals surface area contributed by atoms with Gasteiger partial charge in [0.25, 0.3) is 5.69 Å². The van der Waals surface area contributed by atoms with Gasteiger partial charge in [-0.25, -0.2) is 8.42 Å². The molecule has 1 saturated heterocycles. The van der Waals surface area contributed by atoms with Crippen LogP contribution in [0.15, 0.2) is 53.4 Å². The number of hydrogen-bond donors (Lipinski definition) is 1. The van der Waals surface area contributed by atoms with Gasteiger partial charge in [-0.3, -0.25) is 10.1 Å². The molecule has 0 unspecified atom stereocenters. The molecule has 1 aliphatic heterocycles. The second-order valence-corrected chi connectivity index (χ2v) is 8.15. The lowest BCUT2D eigenvalue weighted by Crippen LogP contribution is -2.32. The highest BCUT2D eigenvalue weighted by Gasteiger charge is 2.38. The molecule has 2 N–H and O–H groups in total. The molecule has 8 heteroatoms. The van der Waals surface area contributed by atoms with Crippen LogP contribution in [0.25, 0.3) is 0 Å². The topological polar surface area (TPSA) is 107 Å². The van der Waals surface area contributed by atoms with Gasteiger partial charge in [0.15, 0.2) is 0 Å². The molecule has 25 heavy (non-hydrogen) atoms. The van der Waals surface area contributed by atoms with Crippen LogP contribution < -0.4 is 5.73 Å². The van der Waals surface area contributed by atoms with Crippen LogP contribution in [0.3, 0.4) is 0 Å². The predicted octanol–water partition coefficient (Wildman–Crippen LogP) is 2.02. The molecule has 2 aromatic rings. The molecule has 2 aromatic carbocycles. The number of nitrogens with two attached hydrogens (primary N) is 1. The van der Waals surface area contributed by atoms with Crippen molar-refractivity contribution in [1.82, 2.24) is 4.31 Å². The zero-order valence-electron chi connectivity index (χ0n) is 13.7. The molecule has 0 saturated carbocycles. The zero-order chi connectivity index (χ0) is 18.2. The Morgan fingerprint density at radius 3 is 2.48 bits per heavy atom. The van der Waals surface area contributed by atoms with Crippen molar-refractivity contribution >= 4 is 15.7 Å². The second kappa shape index (κ2) is 6.55. The first-order chi connectivity index (χ1) is 11.8. The minimum atomic E-state index is -3.84. The first-order valence-corrected chi connectivity index (χ1v) is 9.30. The summed E-state index contributed by atoms with van der Waals surface area (Å²) in [4.78, 5) is 10.4. The third-order valence-electron chi connectivity index (χ3n) is 4.57. The van der Waals surface area contributed by atoms with E-state index < -0.39 is 14.9 Å². The average Bonchev–Trinajstić information content (AvgIpc) is 2.98. The minimum Gasteiger partial charge on any atom is -0.326 e. The van der Waals surface area contributed by atoms with E-state index in [1.807, 2.05) is 30.3 Å². The van der Waals surface area contributed by atoms with Crippen molar-refractivity contribution in [3.63, 3.8) is 0 Å². The number of rotatable bonds is 4. The van der Waals surface area contributed by atoms with Crippen LogP contribution in [0.5, 0.6) is 0 Å². The van der Waals surface area contributed by atoms with Crippen LogP contribution >= 0.6 is 0 Å². The Bertz CT molecular complexity index is 899. The van der Waals surface area contributed by atoms with Crippen molar-refractivity contribution in [3.05, 3.63) is 69.8 Å². The van der Waals surface area contributed by atoms with Gasteiger partial charge in [-0.05, 0) is 18.6 Å². The zero-order valence-corrected chi connectivity index (χ0v) is 14.5. The summed E-state index contributed by atoms with van der Waals surface area (Å²) >= 11 is 0. The van der Waals surface area contributed by atoms with Gasteiger partial charge in [-0.15, -0.1) is 0 Å². The van der Waals surface area contributed by atoms with E-state index in [1.165, 1.54) is 16.4 Å². The van der Waals surface area contributed by atoms with Gasteiger partial charge in [-0.1, -0.05) is 36.4 Å². The number of nitro benzene ring substituents is 1. The fourth-order valence-corrected chi connectivity index (χ4v) is 4.66. The highest BCUT2D eigenvalue weighted by molar-refractivity contribution is 7.89. The molecule has 0 aliphatic carbocycles. The molecule has 1 heterocycles. The number of nitrogens with zero attached hydrogens (tertiary/aromatic N) is 2. The van der Waals surface area contributed by atoms with Crippen molar-refractivity contribution in [3.8, 4) is 0 Å². The van der Waals surface area contributed by atoms with E-state index >= 15 is 0 Å². The maximum atomic E-state index is 12.9. The molecule has 132 valence electrons. The second-order valence-electron chi connectivity index (χ2n) is 6.21. The number of hydrogen-bond acceptors (Lipinski definition) is 5. The Morgan fingerprint density at radius 1 is 1.16 bits per heavy atom. The van der Waals surface area contributed by atoms with Crippen molar-refractivity contribution in [2.24, 2.45) is 5.73 Å². The molecular formula is C17H19N3O4S. The Hall–Kier alpha value is -2.29. The van der Waals surface area contributed by atoms with Gasteiger partial charge >= 0.3 is 0 Å². The minimum absolute atomic E-state index is 0.0780. The van der Waals surface area contributed by atoms with Crippen LogP contribution in [0.1, 0.15) is 17.0 Å². The summed E-state index contributed by atoms with van der Waals surface area (Å²) in [6.07, 6.45) is 0. The Morgan fingerprint density at radius 2 is 1.84 bits per heavy atom. The number of benzene rings is 2. The summed E-state index contributed by atoms with van der Waals surface area (Å²) in [5.74, 6) is -0.101. The first-order valence-electron chi connectivity index (χ1n) is 7.86. The van der Waals surface area contributed by atoms with Gasteiger partial charge in [0.1, 0.15) is 0 Å². The molecule has 7 nitrogen and oxygen atoms in total. The molecule has 0 bridgehead atoms. The lowest BCUT2D eigenvalue weighted by Gasteiger charge is -2.17. The highest BCUT2D eigenvalue weighted by atomic mass is 32.2. The third kappa shape index (κ3) is 3.28. The first kappa shape index (κ1) is 17.5. The maximum absolute atomic E-state index is 12.9. The Labute approximate surface area is 146 Å². The molecule has 0 radical (unpaired) electrons. The van der Waals surface area contributed by atoms with E-state index in [0.29, 0.717) is 5.56 Å². The van der Waals surface area contributed by atoms with Crippen molar-refractivity contribution in [2.45, 2.75) is 23.8 Å². The van der Waals surface area contributed by atoms with Crippen molar-refractivity contribution in [2.75, 3.05) is 13.1 Å². The third-order valence-corrected chi connectivity index (χ3v) is 6.40. The Kier molecular flexibility index (Phi) is 4.59. The fourth-order valence-electron chi connectivity index (χ4n) is 3.14. The fraction of sp³-hybridized carbons (Fsp3) is 0.294. The Balaban J connectivity index is 1.91. The number of sulfonamides is 1. The van der Waals surface area contributed by atoms with E-state index in [9.17, 15) is 18.5 Å². The van der Waals surface area contributed by atoms with E-state index in [4.69, 9.17) is 5.73 Å². The molecule has 0 aromatic heterocycles. The largest absolute Gasteiger partial charge is 0.326 e. The van der Waals surface area contributed by atoms with Crippen LogP contribution in [0.2, 0.25) is 0 Å². The van der Waals surface area contributed by atoms with Gasteiger partial charge in [0.2, 0.25) is 10.0 Å². The summed E-state index contributed by atoms with van der Waals surface area (Å²) in [6, 6.07) is 13.2. The van der Waals surface area contributed by atoms with Gasteiger partial charge < -0.3 is 5.73 Å².